The maximum atomic E-state index is 12.4. The van der Waals surface area contributed by atoms with E-state index >= 15 is 0 Å². The summed E-state index contributed by atoms with van der Waals surface area (Å²) < 4.78 is 17.6. The summed E-state index contributed by atoms with van der Waals surface area (Å²) in [6.45, 7) is 24.0. The highest BCUT2D eigenvalue weighted by atomic mass is 16.7. The summed E-state index contributed by atoms with van der Waals surface area (Å²) in [4.78, 5) is 14.1. The Balaban J connectivity index is 2.65. The Morgan fingerprint density at radius 2 is 1.73 bits per heavy atom. The van der Waals surface area contributed by atoms with Crippen molar-refractivity contribution < 1.29 is 18.8 Å². The van der Waals surface area contributed by atoms with Gasteiger partial charge in [-0.2, -0.15) is 0 Å². The average Bonchev–Trinajstić information content (AvgIpc) is 2.68. The van der Waals surface area contributed by atoms with Gasteiger partial charge < -0.3 is 18.9 Å². The zero-order valence-electron chi connectivity index (χ0n) is 17.8. The molecular formula is C20H36BNO4. The lowest BCUT2D eigenvalue weighted by molar-refractivity contribution is 0.00578. The van der Waals surface area contributed by atoms with E-state index < -0.39 is 12.7 Å². The van der Waals surface area contributed by atoms with Crippen LogP contribution < -0.4 is 0 Å². The third-order valence-electron chi connectivity index (χ3n) is 4.96. The zero-order chi connectivity index (χ0) is 20.3. The molecule has 1 fully saturated rings. The molecule has 148 valence electrons. The first-order valence-electron chi connectivity index (χ1n) is 9.34. The third-order valence-corrected chi connectivity index (χ3v) is 4.96. The van der Waals surface area contributed by atoms with E-state index in [9.17, 15) is 4.79 Å². The van der Waals surface area contributed by atoms with Gasteiger partial charge in [-0.1, -0.05) is 6.08 Å². The van der Waals surface area contributed by atoms with Gasteiger partial charge in [0.1, 0.15) is 5.60 Å². The SMILES string of the molecule is C=CCN(C(=O)OC(C)(C)C)C(C)CCC(=C)B1OC(C)(C)C(C)(C)O1. The van der Waals surface area contributed by atoms with E-state index in [1.165, 1.54) is 0 Å². The molecule has 26 heavy (non-hydrogen) atoms. The summed E-state index contributed by atoms with van der Waals surface area (Å²) in [5.74, 6) is 0. The summed E-state index contributed by atoms with van der Waals surface area (Å²) >= 11 is 0. The van der Waals surface area contributed by atoms with Crippen molar-refractivity contribution in [2.75, 3.05) is 6.54 Å². The van der Waals surface area contributed by atoms with Crippen molar-refractivity contribution in [3.05, 3.63) is 24.7 Å². The number of amides is 1. The minimum Gasteiger partial charge on any atom is -0.444 e. The first-order chi connectivity index (χ1) is 11.7. The molecule has 1 unspecified atom stereocenters. The highest BCUT2D eigenvalue weighted by Crippen LogP contribution is 2.39. The van der Waals surface area contributed by atoms with E-state index in [-0.39, 0.29) is 23.3 Å². The molecule has 0 aromatic rings. The van der Waals surface area contributed by atoms with E-state index in [1.54, 1.807) is 11.0 Å². The number of hydrogen-bond donors (Lipinski definition) is 0. The van der Waals surface area contributed by atoms with Crippen LogP contribution in [0.15, 0.2) is 24.7 Å². The highest BCUT2D eigenvalue weighted by Gasteiger charge is 2.51. The Kier molecular flexibility index (Phi) is 7.16. The van der Waals surface area contributed by atoms with Gasteiger partial charge in [0.25, 0.3) is 0 Å². The molecule has 1 aliphatic rings. The number of carbonyl (C=O) groups excluding carboxylic acids is 1. The van der Waals surface area contributed by atoms with Crippen molar-refractivity contribution in [2.24, 2.45) is 0 Å². The summed E-state index contributed by atoms with van der Waals surface area (Å²) in [5, 5.41) is 0. The molecule has 5 nitrogen and oxygen atoms in total. The van der Waals surface area contributed by atoms with Gasteiger partial charge in [-0.15, -0.1) is 13.2 Å². The number of nitrogens with zero attached hydrogens (tertiary/aromatic N) is 1. The maximum Gasteiger partial charge on any atom is 0.489 e. The highest BCUT2D eigenvalue weighted by molar-refractivity contribution is 6.54. The Morgan fingerprint density at radius 3 is 2.15 bits per heavy atom. The number of carbonyl (C=O) groups is 1. The fourth-order valence-corrected chi connectivity index (χ4v) is 2.57. The van der Waals surface area contributed by atoms with Gasteiger partial charge in [-0.3, -0.25) is 0 Å². The maximum absolute atomic E-state index is 12.4. The molecule has 0 aromatic heterocycles. The lowest BCUT2D eigenvalue weighted by Crippen LogP contribution is -2.42. The van der Waals surface area contributed by atoms with Gasteiger partial charge in [0.15, 0.2) is 0 Å². The van der Waals surface area contributed by atoms with Gasteiger partial charge in [-0.05, 0) is 73.7 Å². The predicted octanol–water partition coefficient (Wildman–Crippen LogP) is 4.77. The Hall–Kier alpha value is -1.27. The van der Waals surface area contributed by atoms with Crippen molar-refractivity contribution in [3.8, 4) is 0 Å². The Bertz CT molecular complexity index is 520. The first-order valence-corrected chi connectivity index (χ1v) is 9.34. The molecule has 1 heterocycles. The quantitative estimate of drug-likeness (QED) is 0.482. The summed E-state index contributed by atoms with van der Waals surface area (Å²) in [6.07, 6.45) is 2.83. The molecule has 0 bridgehead atoms. The summed E-state index contributed by atoms with van der Waals surface area (Å²) in [5.41, 5.74) is -0.393. The van der Waals surface area contributed by atoms with Crippen LogP contribution in [0.3, 0.4) is 0 Å². The number of allylic oxidation sites excluding steroid dienone is 1. The molecule has 0 aliphatic carbocycles. The van der Waals surface area contributed by atoms with Crippen molar-refractivity contribution in [3.63, 3.8) is 0 Å². The third kappa shape index (κ3) is 5.88. The second-order valence-corrected chi connectivity index (χ2v) is 9.06. The van der Waals surface area contributed by atoms with Crippen LogP contribution >= 0.6 is 0 Å². The summed E-state index contributed by atoms with van der Waals surface area (Å²) in [7, 11) is -0.415. The smallest absolute Gasteiger partial charge is 0.444 e. The van der Waals surface area contributed by atoms with E-state index in [4.69, 9.17) is 14.0 Å². The molecule has 0 aromatic carbocycles. The van der Waals surface area contributed by atoms with E-state index in [0.717, 1.165) is 11.9 Å². The number of rotatable bonds is 7. The molecule has 1 aliphatic heterocycles. The van der Waals surface area contributed by atoms with Crippen molar-refractivity contribution in [1.82, 2.24) is 4.90 Å². The number of ether oxygens (including phenoxy) is 1. The van der Waals surface area contributed by atoms with Crippen LogP contribution in [0.1, 0.15) is 68.2 Å². The molecule has 6 heteroatoms. The second kappa shape index (κ2) is 8.18. The van der Waals surface area contributed by atoms with Crippen molar-refractivity contribution in [1.29, 1.82) is 0 Å². The molecule has 0 saturated carbocycles. The van der Waals surface area contributed by atoms with Crippen LogP contribution in [0, 0.1) is 0 Å². The molecule has 1 saturated heterocycles. The Labute approximate surface area is 159 Å². The van der Waals surface area contributed by atoms with Crippen LogP contribution in [-0.2, 0) is 14.0 Å². The second-order valence-electron chi connectivity index (χ2n) is 9.06. The van der Waals surface area contributed by atoms with E-state index in [0.29, 0.717) is 13.0 Å². The van der Waals surface area contributed by atoms with E-state index in [2.05, 4.69) is 13.2 Å². The van der Waals surface area contributed by atoms with Crippen LogP contribution in [-0.4, -0.2) is 47.5 Å². The molecule has 1 rings (SSSR count). The van der Waals surface area contributed by atoms with Gasteiger partial charge in [0, 0.05) is 12.6 Å². The van der Waals surface area contributed by atoms with Crippen molar-refractivity contribution in [2.45, 2.75) is 91.1 Å². The first kappa shape index (κ1) is 22.8. The predicted molar refractivity (Wildman–Crippen MR) is 107 cm³/mol. The van der Waals surface area contributed by atoms with Crippen LogP contribution in [0.4, 0.5) is 4.79 Å². The molecule has 0 N–H and O–H groups in total. The fourth-order valence-electron chi connectivity index (χ4n) is 2.57. The molecule has 0 spiro atoms. The van der Waals surface area contributed by atoms with Crippen LogP contribution in [0.5, 0.6) is 0 Å². The standard InChI is InChI=1S/C20H36BNO4/c1-11-14-22(17(23)24-18(4,5)6)16(3)13-12-15(2)21-25-19(7,8)20(9,10)26-21/h11,16H,1-2,12-14H2,3-10H3. The van der Waals surface area contributed by atoms with Crippen LogP contribution in [0.2, 0.25) is 0 Å². The molecular weight excluding hydrogens is 329 g/mol. The lowest BCUT2D eigenvalue weighted by atomic mass is 9.76. The largest absolute Gasteiger partial charge is 0.489 e. The normalized spacial score (nSPS) is 19.8. The van der Waals surface area contributed by atoms with Gasteiger partial charge in [-0.25, -0.2) is 4.79 Å². The van der Waals surface area contributed by atoms with Crippen molar-refractivity contribution >= 4 is 13.2 Å². The summed E-state index contributed by atoms with van der Waals surface area (Å²) in [6, 6.07) is -0.0120. The van der Waals surface area contributed by atoms with Crippen LogP contribution in [0.25, 0.3) is 0 Å². The monoisotopic (exact) mass is 365 g/mol. The molecule has 1 atom stereocenters. The minimum absolute atomic E-state index is 0.0120. The minimum atomic E-state index is -0.525. The zero-order valence-corrected chi connectivity index (χ0v) is 17.8. The fraction of sp³-hybridized carbons (Fsp3) is 0.750. The average molecular weight is 365 g/mol. The van der Waals surface area contributed by atoms with Gasteiger partial charge in [0.2, 0.25) is 0 Å². The van der Waals surface area contributed by atoms with Gasteiger partial charge in [0.05, 0.1) is 11.2 Å². The van der Waals surface area contributed by atoms with E-state index in [1.807, 2.05) is 55.4 Å². The molecule has 1 amide bonds. The molecule has 0 radical (unpaired) electrons. The van der Waals surface area contributed by atoms with Gasteiger partial charge >= 0.3 is 13.2 Å². The number of hydrogen-bond acceptors (Lipinski definition) is 4. The lowest BCUT2D eigenvalue weighted by Gasteiger charge is -2.32. The Morgan fingerprint density at radius 1 is 1.23 bits per heavy atom. The topological polar surface area (TPSA) is 48.0 Å².